The molecule has 7 aromatic rings. The number of nitrogens with two attached hydrogens (primary N) is 1. The third-order valence-corrected chi connectivity index (χ3v) is 20.4. The number of amides is 8. The number of ether oxygens (including phenoxy) is 5. The molecule has 0 saturated heterocycles. The summed E-state index contributed by atoms with van der Waals surface area (Å²) >= 11 is 0. The molecular weight excluding hydrogens is 1760 g/mol. The van der Waals surface area contributed by atoms with Gasteiger partial charge in [-0.1, -0.05) is 242 Å². The van der Waals surface area contributed by atoms with Gasteiger partial charge in [0.25, 0.3) is 0 Å². The van der Waals surface area contributed by atoms with Crippen molar-refractivity contribution in [2.45, 2.75) is 247 Å². The van der Waals surface area contributed by atoms with Crippen LogP contribution in [0.25, 0.3) is 0 Å². The summed E-state index contributed by atoms with van der Waals surface area (Å²) in [6, 6.07) is 56.8. The highest BCUT2D eigenvalue weighted by Gasteiger charge is 2.33. The Morgan fingerprint density at radius 1 is 0.416 bits per heavy atom. The Kier molecular flexibility index (Phi) is 52.8. The predicted octanol–water partition coefficient (Wildman–Crippen LogP) is 17.9. The molecule has 3 aliphatic heterocycles. The van der Waals surface area contributed by atoms with E-state index in [1.54, 1.807) is 60.7 Å². The second-order valence-corrected chi connectivity index (χ2v) is 34.8. The molecule has 35 heteroatoms. The number of carboxylic acid groups (broad SMARTS) is 2. The first-order valence-electron chi connectivity index (χ1n) is 45.8. The van der Waals surface area contributed by atoms with Crippen LogP contribution in [0, 0.1) is 36.5 Å². The molecule has 8 atom stereocenters. The van der Waals surface area contributed by atoms with Crippen LogP contribution in [-0.4, -0.2) is 168 Å². The second-order valence-electron chi connectivity index (χ2n) is 34.8. The van der Waals surface area contributed by atoms with Crippen molar-refractivity contribution >= 4 is 113 Å². The van der Waals surface area contributed by atoms with Crippen molar-refractivity contribution in [1.82, 2.24) is 21.3 Å². The van der Waals surface area contributed by atoms with Crippen molar-refractivity contribution < 1.29 is 106 Å². The van der Waals surface area contributed by atoms with E-state index in [9.17, 15) is 52.7 Å². The number of benzene rings is 7. The third-order valence-electron chi connectivity index (χ3n) is 20.4. The standard InChI is InChI=1S/C26H32N4O5.C20H28N2O5.C16H16N2O3.C14H20N2O3.C14H19NO3.C12H22N2O3/c1-17(2)14-22(23-16-21(35-30-23)12-13-25(32)33)29-24(31)15-18-8-10-20(11-9-18)28-26(34)27-19-6-4-3-5-7-19;1-14(2)11-17(18-12-16(27-22-18)9-10-19(23)25-3)21-20(24)26-13-15-7-5-4-6-8-15;1-11-4-2-3-5-14(11)18-16(21)17-13-8-6-12(7-9-13)10-15(19)20;1-11(2)8-13(9-15-18)16-14(17)19-10-12-6-4-3-5-7-12;1-11(2)8-13(9-16)15-14(17)18-10-12-6-4-3-5-7-12;1-8(2)6-10(13)11-7-9(17-14-11)4-5-12(15)16-3/h3-11,17,21-22H,12-16H2,1-2H3,(H,29,31)(H,32,33)(H2,27,28,34);4-8,14,16-17H,9-13H2,1-3H3,(H,21,24);2-9H,10H2,1H3,(H,19,20)(H2,17,18,21);3-7,9,11,13,18H,8,10H2,1-2H3,(H,16,17);3-7,9,11,13H,8,10H2,1-2H3,(H,15,17);8-10H,4-7,13H2,1-3H3/b;;;15-9+;;. The highest BCUT2D eigenvalue weighted by atomic mass is 16.7. The molecular formula is C102H137N13O22. The lowest BCUT2D eigenvalue weighted by Gasteiger charge is -2.20. The van der Waals surface area contributed by atoms with Crippen molar-refractivity contribution in [3.63, 3.8) is 0 Å². The van der Waals surface area contributed by atoms with Crippen LogP contribution in [0.5, 0.6) is 0 Å². The zero-order valence-corrected chi connectivity index (χ0v) is 80.5. The van der Waals surface area contributed by atoms with E-state index in [0.29, 0.717) is 110 Å². The van der Waals surface area contributed by atoms with Crippen molar-refractivity contribution in [2.75, 3.05) is 35.5 Å². The Morgan fingerprint density at radius 3 is 1.18 bits per heavy atom. The van der Waals surface area contributed by atoms with Crippen LogP contribution in [0.4, 0.5) is 46.7 Å². The summed E-state index contributed by atoms with van der Waals surface area (Å²) in [7, 11) is 2.75. The van der Waals surface area contributed by atoms with E-state index in [0.717, 1.165) is 76.2 Å². The maximum atomic E-state index is 12.8. The van der Waals surface area contributed by atoms with Gasteiger partial charge in [-0.2, -0.15) is 0 Å². The number of rotatable bonds is 42. The Bertz CT molecular complexity index is 4930. The lowest BCUT2D eigenvalue weighted by atomic mass is 9.95. The predicted molar refractivity (Wildman–Crippen MR) is 525 cm³/mol. The van der Waals surface area contributed by atoms with Gasteiger partial charge in [-0.3, -0.25) is 24.0 Å². The number of carbonyl (C=O) groups excluding carboxylic acids is 9. The van der Waals surface area contributed by atoms with E-state index in [1.165, 1.54) is 20.4 Å². The lowest BCUT2D eigenvalue weighted by Crippen LogP contribution is -2.42. The van der Waals surface area contributed by atoms with E-state index >= 15 is 0 Å². The summed E-state index contributed by atoms with van der Waals surface area (Å²) in [5.41, 5.74) is 16.4. The smallest absolute Gasteiger partial charge is 0.408 e. The fourth-order valence-electron chi connectivity index (χ4n) is 13.6. The fraction of sp³-hybridized carbons (Fsp3) is 0.441. The number of aliphatic carboxylic acids is 2. The minimum atomic E-state index is -0.881. The summed E-state index contributed by atoms with van der Waals surface area (Å²) in [5.74, 6) is -0.430. The maximum Gasteiger partial charge on any atom is 0.408 e. The number of methoxy groups -OCH3 is 2. The molecule has 742 valence electrons. The number of alkyl carbamates (subject to hydrolysis) is 3. The molecule has 3 aliphatic rings. The number of oxime groups is 4. The van der Waals surface area contributed by atoms with Gasteiger partial charge < -0.3 is 107 Å². The van der Waals surface area contributed by atoms with Crippen LogP contribution in [-0.2, 0) is 99.6 Å². The number of aryl methyl sites for hydroxylation is 1. The molecule has 0 aliphatic carbocycles. The zero-order valence-electron chi connectivity index (χ0n) is 80.5. The average Bonchev–Trinajstić information content (AvgIpc) is 1.76. The van der Waals surface area contributed by atoms with Crippen LogP contribution < -0.4 is 48.3 Å². The van der Waals surface area contributed by atoms with Crippen molar-refractivity contribution in [3.8, 4) is 0 Å². The van der Waals surface area contributed by atoms with Crippen LogP contribution in [0.1, 0.15) is 193 Å². The number of carbonyl (C=O) groups is 11. The Labute approximate surface area is 802 Å². The van der Waals surface area contributed by atoms with Crippen molar-refractivity contribution in [2.24, 2.45) is 55.9 Å². The van der Waals surface area contributed by atoms with Gasteiger partial charge >= 0.3 is 54.2 Å². The average molecular weight is 1900 g/mol. The van der Waals surface area contributed by atoms with Crippen LogP contribution in [0.2, 0.25) is 0 Å². The summed E-state index contributed by atoms with van der Waals surface area (Å²) in [6.45, 7) is 23.1. The molecule has 10 rings (SSSR count). The minimum absolute atomic E-state index is 0.0213. The van der Waals surface area contributed by atoms with Gasteiger partial charge in [0.15, 0.2) is 0 Å². The summed E-state index contributed by atoms with van der Waals surface area (Å²) in [5, 5.41) is 63.5. The number of nitrogens with one attached hydrogen (secondary N) is 8. The molecule has 0 saturated carbocycles. The first-order chi connectivity index (χ1) is 65.5. The Morgan fingerprint density at radius 2 is 0.774 bits per heavy atom. The quantitative estimate of drug-likeness (QED) is 0.00422. The monoisotopic (exact) mass is 1900 g/mol. The van der Waals surface area contributed by atoms with E-state index in [-0.39, 0.29) is 118 Å². The van der Waals surface area contributed by atoms with E-state index in [4.69, 9.17) is 49.9 Å². The molecule has 137 heavy (non-hydrogen) atoms. The summed E-state index contributed by atoms with van der Waals surface area (Å²) in [4.78, 5) is 143. The number of anilines is 4. The molecule has 0 aromatic heterocycles. The molecule has 7 aromatic carbocycles. The second kappa shape index (κ2) is 63.8. The molecule has 13 N–H and O–H groups in total. The SMILES string of the molecule is CC(C)CC(/C=N/O)NC(=O)OCc1ccccc1.CC(C)CC(C=O)NC(=O)OCc1ccccc1.CC(C)CC(NC(=O)Cc1ccc(NC(=O)Nc2ccccc2)cc1)C1=NOC(CCC(=O)O)C1.COC(=O)CCC1CC(C(CC(C)C)NC(=O)OCc2ccccc2)=NO1.COC(=O)CCC1CC(C(N)CC(C)C)=NO1.Cc1ccccc1NC(=O)Nc1ccc(CC(=O)O)cc1. The van der Waals surface area contributed by atoms with E-state index < -0.39 is 36.3 Å². The minimum Gasteiger partial charge on any atom is -0.481 e. The number of hydrogen-bond acceptors (Lipinski definition) is 25. The number of esters is 2. The molecule has 0 radical (unpaired) electrons. The number of para-hydroxylation sites is 2. The Hall–Kier alpha value is -14.3. The molecule has 0 bridgehead atoms. The third kappa shape index (κ3) is 50.1. The number of carboxylic acids is 2. The normalized spacial score (nSPS) is 14.8. The molecule has 8 amide bonds. The van der Waals surface area contributed by atoms with Crippen LogP contribution >= 0.6 is 0 Å². The fourth-order valence-corrected chi connectivity index (χ4v) is 13.6. The molecule has 0 fully saturated rings. The first kappa shape index (κ1) is 113. The summed E-state index contributed by atoms with van der Waals surface area (Å²) < 4.78 is 24.7. The van der Waals surface area contributed by atoms with Crippen molar-refractivity contribution in [3.05, 3.63) is 228 Å². The van der Waals surface area contributed by atoms with Gasteiger partial charge in [0, 0.05) is 67.3 Å². The molecule has 8 unspecified atom stereocenters. The first-order valence-corrected chi connectivity index (χ1v) is 45.8. The number of urea groups is 2. The van der Waals surface area contributed by atoms with E-state index in [1.807, 2.05) is 168 Å². The van der Waals surface area contributed by atoms with E-state index in [2.05, 4.69) is 114 Å². The van der Waals surface area contributed by atoms with Gasteiger partial charge in [-0.05, 0) is 164 Å². The highest BCUT2D eigenvalue weighted by Crippen LogP contribution is 2.26. The van der Waals surface area contributed by atoms with Crippen LogP contribution in [0.3, 0.4) is 0 Å². The van der Waals surface area contributed by atoms with Gasteiger partial charge in [-0.15, -0.1) is 0 Å². The maximum absolute atomic E-state index is 12.8. The zero-order chi connectivity index (χ0) is 100. The van der Waals surface area contributed by atoms with Crippen LogP contribution in [0.15, 0.2) is 215 Å². The summed E-state index contributed by atoms with van der Waals surface area (Å²) in [6.07, 6.45) is 7.84. The topological polar surface area (TPSA) is 494 Å². The largest absolute Gasteiger partial charge is 0.481 e. The number of aldehydes is 1. The van der Waals surface area contributed by atoms with Gasteiger partial charge in [0.05, 0.1) is 74.6 Å². The van der Waals surface area contributed by atoms with Gasteiger partial charge in [-0.25, -0.2) is 24.0 Å². The highest BCUT2D eigenvalue weighted by molar-refractivity contribution is 6.01. The Balaban J connectivity index is 0.000000296. The number of nitrogens with zero attached hydrogens (tertiary/aromatic N) is 4. The lowest BCUT2D eigenvalue weighted by molar-refractivity contribution is -0.142. The van der Waals surface area contributed by atoms with Gasteiger partial charge in [0.1, 0.15) is 44.4 Å². The van der Waals surface area contributed by atoms with Gasteiger partial charge in [0.2, 0.25) is 5.91 Å². The molecule has 3 heterocycles. The molecule has 0 spiro atoms. The molecule has 35 nitrogen and oxygen atoms in total. The van der Waals surface area contributed by atoms with Crippen molar-refractivity contribution in [1.29, 1.82) is 0 Å². The number of hydrogen-bond donors (Lipinski definition) is 12.